The summed E-state index contributed by atoms with van der Waals surface area (Å²) in [6.45, 7) is 16.8. The number of benzene rings is 1. The Labute approximate surface area is 210 Å². The number of rotatable bonds is 11. The summed E-state index contributed by atoms with van der Waals surface area (Å²) in [4.78, 5) is 15.7. The molecule has 0 aliphatic carbocycles. The highest BCUT2D eigenvalue weighted by molar-refractivity contribution is 5.88. The van der Waals surface area contributed by atoms with Gasteiger partial charge in [-0.05, 0) is 57.5 Å². The van der Waals surface area contributed by atoms with Gasteiger partial charge in [0.1, 0.15) is 24.0 Å². The molecule has 0 amide bonds. The van der Waals surface area contributed by atoms with Gasteiger partial charge in [0.2, 0.25) is 0 Å². The maximum absolute atomic E-state index is 6.29. The Morgan fingerprint density at radius 2 is 1.77 bits per heavy atom. The van der Waals surface area contributed by atoms with Crippen molar-refractivity contribution in [3.63, 3.8) is 0 Å². The summed E-state index contributed by atoms with van der Waals surface area (Å²) in [7, 11) is 2.19. The Morgan fingerprint density at radius 3 is 2.49 bits per heavy atom. The second-order valence-corrected chi connectivity index (χ2v) is 9.79. The molecule has 1 fully saturated rings. The number of anilines is 3. The fourth-order valence-corrected chi connectivity index (χ4v) is 4.73. The lowest BCUT2D eigenvalue weighted by Crippen LogP contribution is -2.45. The lowest BCUT2D eigenvalue weighted by molar-refractivity contribution is 0.134. The lowest BCUT2D eigenvalue weighted by atomic mass is 10.1. The van der Waals surface area contributed by atoms with Gasteiger partial charge in [-0.1, -0.05) is 13.8 Å². The molecule has 0 bridgehead atoms. The molecule has 0 atom stereocenters. The minimum Gasteiger partial charge on any atom is -0.492 e. The minimum atomic E-state index is 0.682. The van der Waals surface area contributed by atoms with Crippen LogP contribution in [0.25, 0.3) is 10.9 Å². The lowest BCUT2D eigenvalue weighted by Gasteiger charge is -2.32. The summed E-state index contributed by atoms with van der Waals surface area (Å²) < 4.78 is 6.29. The molecule has 2 N–H and O–H groups in total. The molecule has 4 rings (SSSR count). The molecule has 3 heterocycles. The predicted molar refractivity (Wildman–Crippen MR) is 148 cm³/mol. The van der Waals surface area contributed by atoms with Crippen LogP contribution < -0.4 is 15.0 Å². The smallest absolute Gasteiger partial charge is 0.136 e. The zero-order chi connectivity index (χ0) is 24.8. The fraction of sp³-hybridized carbons (Fsp3) is 0.536. The molecule has 1 aliphatic rings. The van der Waals surface area contributed by atoms with Crippen LogP contribution in [-0.4, -0.2) is 79.2 Å². The van der Waals surface area contributed by atoms with E-state index in [-0.39, 0.29) is 0 Å². The van der Waals surface area contributed by atoms with E-state index in [1.54, 1.807) is 0 Å². The molecule has 3 aromatic rings. The topological polar surface area (TPSA) is 59.7 Å². The monoisotopic (exact) mass is 478 g/mol. The molecule has 0 radical (unpaired) electrons. The van der Waals surface area contributed by atoms with Crippen molar-refractivity contribution in [2.45, 2.75) is 40.5 Å². The van der Waals surface area contributed by atoms with Crippen LogP contribution in [0.3, 0.4) is 0 Å². The molecule has 0 unspecified atom stereocenters. The zero-order valence-electron chi connectivity index (χ0n) is 22.2. The van der Waals surface area contributed by atoms with Crippen LogP contribution in [0.2, 0.25) is 0 Å². The number of aromatic nitrogens is 2. The maximum atomic E-state index is 6.29. The van der Waals surface area contributed by atoms with Gasteiger partial charge in [-0.3, -0.25) is 4.90 Å². The number of piperazine rings is 1. The second kappa shape index (κ2) is 11.8. The van der Waals surface area contributed by atoms with Crippen molar-refractivity contribution in [2.24, 2.45) is 0 Å². The van der Waals surface area contributed by atoms with Crippen LogP contribution in [-0.2, 0) is 0 Å². The largest absolute Gasteiger partial charge is 0.492 e. The van der Waals surface area contributed by atoms with E-state index in [0.717, 1.165) is 87.2 Å². The molecule has 0 spiro atoms. The summed E-state index contributed by atoms with van der Waals surface area (Å²) in [5, 5.41) is 4.79. The van der Waals surface area contributed by atoms with Crippen molar-refractivity contribution < 1.29 is 4.74 Å². The van der Waals surface area contributed by atoms with E-state index in [9.17, 15) is 0 Å². The average Bonchev–Trinajstić information content (AvgIpc) is 3.13. The Bertz CT molecular complexity index is 1100. The Morgan fingerprint density at radius 1 is 1.03 bits per heavy atom. The van der Waals surface area contributed by atoms with Gasteiger partial charge >= 0.3 is 0 Å². The normalized spacial score (nSPS) is 15.0. The first-order valence-electron chi connectivity index (χ1n) is 13.1. The summed E-state index contributed by atoms with van der Waals surface area (Å²) in [6, 6.07) is 10.6. The number of nitrogens with one attached hydrogen (secondary N) is 2. The fourth-order valence-electron chi connectivity index (χ4n) is 4.73. The number of H-pyrrole nitrogens is 1. The Kier molecular flexibility index (Phi) is 8.52. The molecular weight excluding hydrogens is 436 g/mol. The third-order valence-corrected chi connectivity index (χ3v) is 6.95. The van der Waals surface area contributed by atoms with Gasteiger partial charge in [0.25, 0.3) is 0 Å². The van der Waals surface area contributed by atoms with E-state index < -0.39 is 0 Å². The molecule has 7 heteroatoms. The Hall–Kier alpha value is -2.77. The van der Waals surface area contributed by atoms with Crippen molar-refractivity contribution in [2.75, 3.05) is 69.7 Å². The highest BCUT2D eigenvalue weighted by atomic mass is 16.5. The van der Waals surface area contributed by atoms with Gasteiger partial charge in [-0.15, -0.1) is 0 Å². The number of aryl methyl sites for hydroxylation is 2. The van der Waals surface area contributed by atoms with E-state index in [1.807, 2.05) is 6.07 Å². The number of hydrogen-bond donors (Lipinski definition) is 2. The summed E-state index contributed by atoms with van der Waals surface area (Å²) in [5.74, 6) is 2.67. The number of likely N-dealkylation sites (N-methyl/N-ethyl adjacent to an activating group) is 1. The summed E-state index contributed by atoms with van der Waals surface area (Å²) in [5.41, 5.74) is 4.70. The van der Waals surface area contributed by atoms with E-state index in [4.69, 9.17) is 9.72 Å². The first kappa shape index (κ1) is 25.3. The van der Waals surface area contributed by atoms with E-state index in [0.29, 0.717) is 6.61 Å². The van der Waals surface area contributed by atoms with Crippen molar-refractivity contribution in [3.05, 3.63) is 41.6 Å². The van der Waals surface area contributed by atoms with E-state index in [1.165, 1.54) is 16.6 Å². The van der Waals surface area contributed by atoms with Crippen LogP contribution in [0.4, 0.5) is 17.3 Å². The van der Waals surface area contributed by atoms with Crippen LogP contribution in [0, 0.1) is 13.8 Å². The average molecular weight is 479 g/mol. The minimum absolute atomic E-state index is 0.682. The molecule has 1 saturated heterocycles. The third-order valence-electron chi connectivity index (χ3n) is 6.95. The number of nitrogens with zero attached hydrogens (tertiary/aromatic N) is 4. The molecule has 0 saturated carbocycles. The SMILES string of the molecule is CCCN(CCC)c1cc(OCCN2CCN(C)CC2)cc(Nc2ccc3[nH]c(C)c(C)c3c2)n1. The standard InChI is InChI=1S/C28H42N6O/c1-6-10-34(11-7-2)28-20-24(35-17-16-33-14-12-32(5)13-15-33)19-27(31-28)30-23-8-9-26-25(18-23)21(3)22(4)29-26/h8-9,18-20,29H,6-7,10-17H2,1-5H3,(H,30,31). The first-order chi connectivity index (χ1) is 17.0. The summed E-state index contributed by atoms with van der Waals surface area (Å²) >= 11 is 0. The van der Waals surface area contributed by atoms with Crippen molar-refractivity contribution >= 4 is 28.2 Å². The number of hydrogen-bond acceptors (Lipinski definition) is 6. The molecular formula is C28H42N6O. The first-order valence-corrected chi connectivity index (χ1v) is 13.1. The van der Waals surface area contributed by atoms with Gasteiger partial charge in [0.05, 0.1) is 0 Å². The molecule has 1 aromatic carbocycles. The number of aromatic amines is 1. The number of fused-ring (bicyclic) bond motifs is 1. The highest BCUT2D eigenvalue weighted by Crippen LogP contribution is 2.29. The Balaban J connectivity index is 1.53. The molecule has 2 aromatic heterocycles. The number of ether oxygens (including phenoxy) is 1. The quantitative estimate of drug-likeness (QED) is 0.396. The van der Waals surface area contributed by atoms with Gasteiger partial charge in [-0.2, -0.15) is 0 Å². The maximum Gasteiger partial charge on any atom is 0.136 e. The van der Waals surface area contributed by atoms with Gasteiger partial charge in [0.15, 0.2) is 0 Å². The van der Waals surface area contributed by atoms with E-state index >= 15 is 0 Å². The highest BCUT2D eigenvalue weighted by Gasteiger charge is 2.15. The van der Waals surface area contributed by atoms with Crippen LogP contribution in [0.15, 0.2) is 30.3 Å². The molecule has 190 valence electrons. The summed E-state index contributed by atoms with van der Waals surface area (Å²) in [6.07, 6.45) is 2.17. The number of pyridine rings is 1. The van der Waals surface area contributed by atoms with Crippen LogP contribution in [0.5, 0.6) is 5.75 Å². The van der Waals surface area contributed by atoms with Gasteiger partial charge < -0.3 is 24.8 Å². The van der Waals surface area contributed by atoms with Gasteiger partial charge in [0, 0.05) is 80.2 Å². The van der Waals surface area contributed by atoms with Crippen molar-refractivity contribution in [1.29, 1.82) is 0 Å². The van der Waals surface area contributed by atoms with Gasteiger partial charge in [-0.25, -0.2) is 4.98 Å². The van der Waals surface area contributed by atoms with Crippen molar-refractivity contribution in [3.8, 4) is 5.75 Å². The molecule has 1 aliphatic heterocycles. The predicted octanol–water partition coefficient (Wildman–Crippen LogP) is 5.18. The zero-order valence-corrected chi connectivity index (χ0v) is 22.2. The second-order valence-electron chi connectivity index (χ2n) is 9.79. The van der Waals surface area contributed by atoms with Crippen LogP contribution in [0.1, 0.15) is 37.9 Å². The molecule has 35 heavy (non-hydrogen) atoms. The van der Waals surface area contributed by atoms with Crippen LogP contribution >= 0.6 is 0 Å². The van der Waals surface area contributed by atoms with Crippen molar-refractivity contribution in [1.82, 2.24) is 19.8 Å². The third kappa shape index (κ3) is 6.47. The van der Waals surface area contributed by atoms with E-state index in [2.05, 4.69) is 84.0 Å². The molecule has 7 nitrogen and oxygen atoms in total.